The monoisotopic (exact) mass is 528 g/mol. The Balaban J connectivity index is 1.30. The topological polar surface area (TPSA) is 75.6 Å². The number of anilines is 5. The predicted molar refractivity (Wildman–Crippen MR) is 156 cm³/mol. The molecule has 6 rings (SSSR count). The van der Waals surface area contributed by atoms with Crippen molar-refractivity contribution in [3.05, 3.63) is 59.4 Å². The van der Waals surface area contributed by atoms with Gasteiger partial charge in [0.25, 0.3) is 0 Å². The Morgan fingerprint density at radius 3 is 2.59 bits per heavy atom. The minimum Gasteiger partial charge on any atom is -0.378 e. The minimum atomic E-state index is -0.257. The standard InChI is InChI=1S/C31H40N6O2/c1-21-6-7-22-8-13-26(34-27(21)22)37-19-31(5,20-39-30(2,3)4)25-18-32-29(35-28(25)37)33-23-9-11-24(12-10-23)36-14-16-38-17-15-36/h8-13,18,21H,6-7,14-17,19-20H2,1-5H3,(H,32,33,35)/t21-,31+/m1/s1. The molecule has 8 nitrogen and oxygen atoms in total. The Kier molecular flexibility index (Phi) is 6.71. The molecule has 1 fully saturated rings. The number of aryl methyl sites for hydroxylation is 1. The molecule has 8 heteroatoms. The fraction of sp³-hybridized carbons (Fsp3) is 0.516. The van der Waals surface area contributed by atoms with E-state index in [2.05, 4.69) is 86.1 Å². The fourth-order valence-corrected chi connectivity index (χ4v) is 5.76. The van der Waals surface area contributed by atoms with Gasteiger partial charge < -0.3 is 24.6 Å². The molecule has 1 saturated heterocycles. The smallest absolute Gasteiger partial charge is 0.229 e. The zero-order valence-electron chi connectivity index (χ0n) is 23.8. The first-order valence-corrected chi connectivity index (χ1v) is 14.2. The SMILES string of the molecule is C[C@@H]1CCc2ccc(N3C[C@@](C)(COC(C)(C)C)c4cnc(Nc5ccc(N6CCOCC6)cc5)nc43)nc21. The first-order chi connectivity index (χ1) is 18.7. The minimum absolute atomic E-state index is 0.229. The van der Waals surface area contributed by atoms with Gasteiger partial charge in [-0.2, -0.15) is 4.98 Å². The van der Waals surface area contributed by atoms with Crippen LogP contribution in [0.15, 0.2) is 42.6 Å². The second-order valence-electron chi connectivity index (χ2n) is 12.4. The van der Waals surface area contributed by atoms with Crippen molar-refractivity contribution in [1.29, 1.82) is 0 Å². The fourth-order valence-electron chi connectivity index (χ4n) is 5.76. The van der Waals surface area contributed by atoms with E-state index in [1.165, 1.54) is 23.4 Å². The third kappa shape index (κ3) is 5.32. The van der Waals surface area contributed by atoms with Crippen LogP contribution in [0.3, 0.4) is 0 Å². The van der Waals surface area contributed by atoms with E-state index in [0.717, 1.165) is 62.2 Å². The number of ether oxygens (including phenoxy) is 2. The highest BCUT2D eigenvalue weighted by atomic mass is 16.5. The Bertz CT molecular complexity index is 1330. The van der Waals surface area contributed by atoms with Crippen molar-refractivity contribution in [2.75, 3.05) is 54.6 Å². The maximum atomic E-state index is 6.31. The Morgan fingerprint density at radius 1 is 1.08 bits per heavy atom. The van der Waals surface area contributed by atoms with Gasteiger partial charge in [0.2, 0.25) is 5.95 Å². The first kappa shape index (κ1) is 26.0. The molecule has 3 aliphatic rings. The summed E-state index contributed by atoms with van der Waals surface area (Å²) < 4.78 is 11.8. The number of hydrogen-bond acceptors (Lipinski definition) is 8. The lowest BCUT2D eigenvalue weighted by molar-refractivity contribution is -0.0252. The summed E-state index contributed by atoms with van der Waals surface area (Å²) in [5.74, 6) is 2.91. The summed E-state index contributed by atoms with van der Waals surface area (Å²) in [5, 5.41) is 3.42. The number of nitrogens with zero attached hydrogens (tertiary/aromatic N) is 5. The van der Waals surface area contributed by atoms with Crippen LogP contribution in [0.2, 0.25) is 0 Å². The van der Waals surface area contributed by atoms with Gasteiger partial charge in [-0.25, -0.2) is 9.97 Å². The summed E-state index contributed by atoms with van der Waals surface area (Å²) in [4.78, 5) is 19.5. The zero-order valence-corrected chi connectivity index (χ0v) is 23.8. The predicted octanol–water partition coefficient (Wildman–Crippen LogP) is 5.73. The average molecular weight is 529 g/mol. The molecule has 1 aliphatic carbocycles. The van der Waals surface area contributed by atoms with Crippen molar-refractivity contribution in [1.82, 2.24) is 15.0 Å². The van der Waals surface area contributed by atoms with Gasteiger partial charge in [-0.05, 0) is 75.4 Å². The van der Waals surface area contributed by atoms with Crippen molar-refractivity contribution >= 4 is 29.0 Å². The number of nitrogens with one attached hydrogen (secondary N) is 1. The van der Waals surface area contributed by atoms with Crippen LogP contribution in [-0.2, 0) is 21.3 Å². The highest BCUT2D eigenvalue weighted by Crippen LogP contribution is 2.44. The molecular weight excluding hydrogens is 488 g/mol. The van der Waals surface area contributed by atoms with Crippen molar-refractivity contribution in [2.24, 2.45) is 0 Å². The summed E-state index contributed by atoms with van der Waals surface area (Å²) in [6.45, 7) is 15.5. The van der Waals surface area contributed by atoms with Crippen LogP contribution in [0.5, 0.6) is 0 Å². The third-order valence-corrected chi connectivity index (χ3v) is 8.09. The molecule has 0 amide bonds. The quantitative estimate of drug-likeness (QED) is 0.435. The summed E-state index contributed by atoms with van der Waals surface area (Å²) >= 11 is 0. The number of aromatic nitrogens is 3. The largest absolute Gasteiger partial charge is 0.378 e. The van der Waals surface area contributed by atoms with E-state index in [1.54, 1.807) is 0 Å². The lowest BCUT2D eigenvalue weighted by Crippen LogP contribution is -2.37. The highest BCUT2D eigenvalue weighted by Gasteiger charge is 2.43. The van der Waals surface area contributed by atoms with Gasteiger partial charge in [0.15, 0.2) is 0 Å². The van der Waals surface area contributed by atoms with E-state index in [1.807, 2.05) is 6.20 Å². The molecule has 2 aliphatic heterocycles. The molecule has 1 N–H and O–H groups in total. The van der Waals surface area contributed by atoms with E-state index < -0.39 is 0 Å². The van der Waals surface area contributed by atoms with Gasteiger partial charge in [0.1, 0.15) is 11.6 Å². The zero-order chi connectivity index (χ0) is 27.2. The maximum absolute atomic E-state index is 6.31. The number of hydrogen-bond donors (Lipinski definition) is 1. The molecular formula is C31H40N6O2. The van der Waals surface area contributed by atoms with E-state index in [4.69, 9.17) is 24.4 Å². The maximum Gasteiger partial charge on any atom is 0.229 e. The van der Waals surface area contributed by atoms with Gasteiger partial charge in [-0.3, -0.25) is 0 Å². The third-order valence-electron chi connectivity index (χ3n) is 8.09. The second kappa shape index (κ2) is 10.1. The summed E-state index contributed by atoms with van der Waals surface area (Å²) in [6.07, 6.45) is 4.24. The van der Waals surface area contributed by atoms with Gasteiger partial charge in [-0.15, -0.1) is 0 Å². The summed E-state index contributed by atoms with van der Waals surface area (Å²) in [6, 6.07) is 12.9. The molecule has 0 saturated carbocycles. The lowest BCUT2D eigenvalue weighted by Gasteiger charge is -2.30. The first-order valence-electron chi connectivity index (χ1n) is 14.2. The van der Waals surface area contributed by atoms with E-state index >= 15 is 0 Å². The molecule has 0 unspecified atom stereocenters. The Morgan fingerprint density at radius 2 is 1.85 bits per heavy atom. The second-order valence-corrected chi connectivity index (χ2v) is 12.4. The Labute approximate surface area is 231 Å². The van der Waals surface area contributed by atoms with Crippen LogP contribution in [-0.4, -0.2) is 60.0 Å². The normalized spacial score (nSPS) is 22.6. The number of rotatable bonds is 6. The van der Waals surface area contributed by atoms with Crippen LogP contribution in [0.25, 0.3) is 0 Å². The molecule has 0 radical (unpaired) electrons. The Hall–Kier alpha value is -3.23. The molecule has 0 spiro atoms. The molecule has 2 atom stereocenters. The van der Waals surface area contributed by atoms with Crippen LogP contribution >= 0.6 is 0 Å². The average Bonchev–Trinajstić information content (AvgIpc) is 3.45. The summed E-state index contributed by atoms with van der Waals surface area (Å²) in [5.41, 5.74) is 5.36. The molecule has 1 aromatic carbocycles. The van der Waals surface area contributed by atoms with Gasteiger partial charge in [0.05, 0.1) is 25.4 Å². The molecule has 0 bridgehead atoms. The molecule has 4 heterocycles. The number of benzene rings is 1. The number of pyridine rings is 1. The van der Waals surface area contributed by atoms with E-state index in [9.17, 15) is 0 Å². The molecule has 2 aromatic heterocycles. The summed E-state index contributed by atoms with van der Waals surface area (Å²) in [7, 11) is 0. The van der Waals surface area contributed by atoms with Crippen LogP contribution < -0.4 is 15.1 Å². The van der Waals surface area contributed by atoms with Crippen LogP contribution in [0.1, 0.15) is 63.8 Å². The van der Waals surface area contributed by atoms with Crippen molar-refractivity contribution in [3.8, 4) is 0 Å². The van der Waals surface area contributed by atoms with Gasteiger partial charge >= 0.3 is 0 Å². The molecule has 3 aromatic rings. The number of morpholine rings is 1. The van der Waals surface area contributed by atoms with E-state index in [-0.39, 0.29) is 11.0 Å². The lowest BCUT2D eigenvalue weighted by atomic mass is 9.87. The van der Waals surface area contributed by atoms with E-state index in [0.29, 0.717) is 18.5 Å². The van der Waals surface area contributed by atoms with Gasteiger partial charge in [-0.1, -0.05) is 19.9 Å². The van der Waals surface area contributed by atoms with Crippen molar-refractivity contribution < 1.29 is 9.47 Å². The molecule has 206 valence electrons. The number of fused-ring (bicyclic) bond motifs is 2. The van der Waals surface area contributed by atoms with Crippen molar-refractivity contribution in [2.45, 2.75) is 64.4 Å². The van der Waals surface area contributed by atoms with Crippen LogP contribution in [0, 0.1) is 0 Å². The highest BCUT2D eigenvalue weighted by molar-refractivity contribution is 5.69. The molecule has 39 heavy (non-hydrogen) atoms. The van der Waals surface area contributed by atoms with Crippen molar-refractivity contribution in [3.63, 3.8) is 0 Å². The van der Waals surface area contributed by atoms with Crippen LogP contribution in [0.4, 0.5) is 29.0 Å². The van der Waals surface area contributed by atoms with Gasteiger partial charge in [0, 0.05) is 53.9 Å².